The zero-order valence-corrected chi connectivity index (χ0v) is 11.2. The van der Waals surface area contributed by atoms with E-state index in [0.29, 0.717) is 18.3 Å². The number of hydrogen-bond donors (Lipinski definition) is 0. The van der Waals surface area contributed by atoms with E-state index >= 15 is 0 Å². The van der Waals surface area contributed by atoms with Gasteiger partial charge in [0.15, 0.2) is 0 Å². The molecule has 0 amide bonds. The Balaban J connectivity index is 1.77. The summed E-state index contributed by atoms with van der Waals surface area (Å²) >= 11 is 0. The number of rotatable bonds is 6. The van der Waals surface area contributed by atoms with Crippen LogP contribution >= 0.6 is 0 Å². The second-order valence-electron chi connectivity index (χ2n) is 4.58. The highest BCUT2D eigenvalue weighted by molar-refractivity contribution is 5.85. The van der Waals surface area contributed by atoms with Gasteiger partial charge < -0.3 is 9.25 Å². The smallest absolute Gasteiger partial charge is 0.230 e. The standard InChI is InChI=1S/C12H20N4O2/c1-4-9-6-10(18-15-9)7-16(3)8-12-14-13-11(5-2)17-12/h10H,4-8H2,1-3H3/t10-/m0/s1. The third kappa shape index (κ3) is 3.29. The van der Waals surface area contributed by atoms with Crippen LogP contribution in [0.15, 0.2) is 9.57 Å². The highest BCUT2D eigenvalue weighted by Gasteiger charge is 2.21. The number of aromatic nitrogens is 2. The maximum absolute atomic E-state index is 5.48. The van der Waals surface area contributed by atoms with Crippen LogP contribution in [0.4, 0.5) is 0 Å². The largest absolute Gasteiger partial charge is 0.424 e. The lowest BCUT2D eigenvalue weighted by molar-refractivity contribution is 0.0557. The molecule has 1 atom stereocenters. The Kier molecular flexibility index (Phi) is 4.30. The molecule has 1 aliphatic heterocycles. The topological polar surface area (TPSA) is 63.8 Å². The van der Waals surface area contributed by atoms with E-state index in [0.717, 1.165) is 31.5 Å². The first kappa shape index (κ1) is 13.0. The summed E-state index contributed by atoms with van der Waals surface area (Å²) in [5.74, 6) is 1.34. The molecule has 0 aromatic carbocycles. The van der Waals surface area contributed by atoms with Crippen molar-refractivity contribution in [2.45, 2.75) is 45.8 Å². The molecule has 2 heterocycles. The van der Waals surface area contributed by atoms with Crippen LogP contribution in [0.5, 0.6) is 0 Å². The monoisotopic (exact) mass is 252 g/mol. The zero-order chi connectivity index (χ0) is 13.0. The van der Waals surface area contributed by atoms with E-state index in [-0.39, 0.29) is 6.10 Å². The second kappa shape index (κ2) is 5.95. The lowest BCUT2D eigenvalue weighted by Crippen LogP contribution is -2.29. The number of hydrogen-bond acceptors (Lipinski definition) is 6. The number of nitrogens with zero attached hydrogens (tertiary/aromatic N) is 4. The molecular formula is C12H20N4O2. The quantitative estimate of drug-likeness (QED) is 0.769. The molecule has 0 fully saturated rings. The minimum absolute atomic E-state index is 0.151. The summed E-state index contributed by atoms with van der Waals surface area (Å²) < 4.78 is 5.48. The van der Waals surface area contributed by atoms with Crippen LogP contribution < -0.4 is 0 Å². The normalized spacial score (nSPS) is 19.1. The van der Waals surface area contributed by atoms with Crippen molar-refractivity contribution >= 4 is 5.71 Å². The Hall–Kier alpha value is -1.43. The average Bonchev–Trinajstić information content (AvgIpc) is 2.98. The Morgan fingerprint density at radius 3 is 2.61 bits per heavy atom. The summed E-state index contributed by atoms with van der Waals surface area (Å²) in [6.07, 6.45) is 2.81. The van der Waals surface area contributed by atoms with Crippen LogP contribution in [0, 0.1) is 0 Å². The van der Waals surface area contributed by atoms with Gasteiger partial charge in [-0.05, 0) is 13.5 Å². The maximum Gasteiger partial charge on any atom is 0.230 e. The van der Waals surface area contributed by atoms with Crippen LogP contribution in [-0.4, -0.2) is 40.5 Å². The van der Waals surface area contributed by atoms with E-state index in [1.54, 1.807) is 0 Å². The van der Waals surface area contributed by atoms with Gasteiger partial charge in [0.05, 0.1) is 12.3 Å². The Bertz CT molecular complexity index is 416. The number of oxime groups is 1. The van der Waals surface area contributed by atoms with Crippen LogP contribution in [0.2, 0.25) is 0 Å². The van der Waals surface area contributed by atoms with Gasteiger partial charge in [-0.25, -0.2) is 0 Å². The molecule has 1 aromatic rings. The van der Waals surface area contributed by atoms with Crippen molar-refractivity contribution in [3.05, 3.63) is 11.8 Å². The molecule has 18 heavy (non-hydrogen) atoms. The Morgan fingerprint density at radius 1 is 1.22 bits per heavy atom. The van der Waals surface area contributed by atoms with Crippen molar-refractivity contribution in [1.82, 2.24) is 15.1 Å². The number of likely N-dealkylation sites (N-methyl/N-ethyl adjacent to an activating group) is 1. The molecular weight excluding hydrogens is 232 g/mol. The van der Waals surface area contributed by atoms with Gasteiger partial charge in [-0.1, -0.05) is 19.0 Å². The molecule has 0 unspecified atom stereocenters. The van der Waals surface area contributed by atoms with E-state index < -0.39 is 0 Å². The third-order valence-corrected chi connectivity index (χ3v) is 2.93. The number of aryl methyl sites for hydroxylation is 1. The van der Waals surface area contributed by atoms with Crippen molar-refractivity contribution in [3.63, 3.8) is 0 Å². The fourth-order valence-corrected chi connectivity index (χ4v) is 1.93. The van der Waals surface area contributed by atoms with Gasteiger partial charge in [0, 0.05) is 19.4 Å². The Labute approximate surface area is 107 Å². The molecule has 0 aliphatic carbocycles. The first-order valence-corrected chi connectivity index (χ1v) is 6.42. The van der Waals surface area contributed by atoms with Crippen molar-refractivity contribution in [2.24, 2.45) is 5.16 Å². The summed E-state index contributed by atoms with van der Waals surface area (Å²) in [5, 5.41) is 12.0. The van der Waals surface area contributed by atoms with Gasteiger partial charge in [-0.15, -0.1) is 10.2 Å². The first-order chi connectivity index (χ1) is 8.71. The summed E-state index contributed by atoms with van der Waals surface area (Å²) in [6.45, 7) is 5.56. The highest BCUT2D eigenvalue weighted by atomic mass is 16.6. The summed E-state index contributed by atoms with van der Waals surface area (Å²) in [6, 6.07) is 0. The van der Waals surface area contributed by atoms with Crippen LogP contribution in [-0.2, 0) is 17.8 Å². The van der Waals surface area contributed by atoms with E-state index in [4.69, 9.17) is 9.25 Å². The fraction of sp³-hybridized carbons (Fsp3) is 0.750. The Morgan fingerprint density at radius 2 is 2.00 bits per heavy atom. The maximum atomic E-state index is 5.48. The molecule has 1 aromatic heterocycles. The molecule has 0 radical (unpaired) electrons. The second-order valence-corrected chi connectivity index (χ2v) is 4.58. The molecule has 1 aliphatic rings. The summed E-state index contributed by atoms with van der Waals surface area (Å²) in [4.78, 5) is 7.49. The predicted molar refractivity (Wildman–Crippen MR) is 67.2 cm³/mol. The lowest BCUT2D eigenvalue weighted by atomic mass is 10.1. The van der Waals surface area contributed by atoms with E-state index in [1.165, 1.54) is 0 Å². The van der Waals surface area contributed by atoms with Gasteiger partial charge in [-0.2, -0.15) is 0 Å². The predicted octanol–water partition coefficient (Wildman–Crippen LogP) is 1.62. The van der Waals surface area contributed by atoms with Gasteiger partial charge in [0.1, 0.15) is 6.10 Å². The molecule has 2 rings (SSSR count). The van der Waals surface area contributed by atoms with Crippen molar-refractivity contribution in [2.75, 3.05) is 13.6 Å². The van der Waals surface area contributed by atoms with Crippen molar-refractivity contribution < 1.29 is 9.25 Å². The summed E-state index contributed by atoms with van der Waals surface area (Å²) in [5.41, 5.74) is 1.14. The highest BCUT2D eigenvalue weighted by Crippen LogP contribution is 2.14. The lowest BCUT2D eigenvalue weighted by Gasteiger charge is -2.17. The van der Waals surface area contributed by atoms with Crippen LogP contribution in [0.25, 0.3) is 0 Å². The SMILES string of the molecule is CCC1=NO[C@H](CN(C)Cc2nnc(CC)o2)C1. The minimum Gasteiger partial charge on any atom is -0.424 e. The molecule has 0 N–H and O–H groups in total. The van der Waals surface area contributed by atoms with E-state index in [9.17, 15) is 0 Å². The summed E-state index contributed by atoms with van der Waals surface area (Å²) in [7, 11) is 2.02. The van der Waals surface area contributed by atoms with E-state index in [1.807, 2.05) is 14.0 Å². The molecule has 0 spiro atoms. The molecule has 100 valence electrons. The minimum atomic E-state index is 0.151. The van der Waals surface area contributed by atoms with Gasteiger partial charge in [0.2, 0.25) is 11.8 Å². The van der Waals surface area contributed by atoms with Crippen molar-refractivity contribution in [3.8, 4) is 0 Å². The van der Waals surface area contributed by atoms with Gasteiger partial charge in [0.25, 0.3) is 0 Å². The fourth-order valence-electron chi connectivity index (χ4n) is 1.93. The molecule has 0 saturated carbocycles. The van der Waals surface area contributed by atoms with Crippen LogP contribution in [0.3, 0.4) is 0 Å². The zero-order valence-electron chi connectivity index (χ0n) is 11.2. The molecule has 0 saturated heterocycles. The van der Waals surface area contributed by atoms with E-state index in [2.05, 4.69) is 27.2 Å². The van der Waals surface area contributed by atoms with Crippen molar-refractivity contribution in [1.29, 1.82) is 0 Å². The van der Waals surface area contributed by atoms with Gasteiger partial charge >= 0.3 is 0 Å². The van der Waals surface area contributed by atoms with Crippen LogP contribution in [0.1, 0.15) is 38.5 Å². The molecule has 6 heteroatoms. The molecule has 0 bridgehead atoms. The average molecular weight is 252 g/mol. The van der Waals surface area contributed by atoms with Gasteiger partial charge in [-0.3, -0.25) is 4.90 Å². The molecule has 6 nitrogen and oxygen atoms in total. The third-order valence-electron chi connectivity index (χ3n) is 2.93. The first-order valence-electron chi connectivity index (χ1n) is 6.42.